The zero-order chi connectivity index (χ0) is 52.4. The van der Waals surface area contributed by atoms with Gasteiger partial charge in [-0.3, -0.25) is 29.4 Å². The number of ether oxygens (including phenoxy) is 4. The number of fused-ring (bicyclic) bond motifs is 3. The van der Waals surface area contributed by atoms with Crippen LogP contribution in [0, 0.1) is 0 Å². The van der Waals surface area contributed by atoms with Crippen LogP contribution in [0.15, 0.2) is 78.9 Å². The van der Waals surface area contributed by atoms with Gasteiger partial charge in [0, 0.05) is 50.1 Å². The number of pyridine rings is 1. The second-order valence-corrected chi connectivity index (χ2v) is 18.2. The molecule has 5 aromatic rings. The number of aliphatic hydroxyl groups is 4. The Kier molecular flexibility index (Phi) is 17.5. The Hall–Kier alpha value is -7.34. The summed E-state index contributed by atoms with van der Waals surface area (Å²) in [6.45, 7) is 5.61. The summed E-state index contributed by atoms with van der Waals surface area (Å²) in [6.07, 6.45) is -6.15. The molecule has 2 aromatic heterocycles. The number of rotatable bonds is 23. The fourth-order valence-electron chi connectivity index (χ4n) is 8.29. The van der Waals surface area contributed by atoms with Crippen LogP contribution < -0.4 is 20.7 Å². The van der Waals surface area contributed by atoms with Gasteiger partial charge in [0.1, 0.15) is 48.6 Å². The Morgan fingerprint density at radius 1 is 0.808 bits per heavy atom. The van der Waals surface area contributed by atoms with E-state index in [4.69, 9.17) is 28.9 Å². The SMILES string of the molecule is CCOCc1nc2c(NC(=O)OCc3ccc(O[C@@H]4O[C@H](C(=O)O)[C@@H](O)[C@H](O)[C@H]4O)c(NC(=O)CCNC(=O)CCCCCN4C(=O)C=CC4=O)c3)nc3cc(Cc4ccccc4)ccc3c2n1CC(C)(C)O. The number of anilines is 2. The van der Waals surface area contributed by atoms with Crippen LogP contribution in [0.3, 0.4) is 0 Å². The number of imide groups is 1. The van der Waals surface area contributed by atoms with Gasteiger partial charge in [-0.05, 0) is 74.9 Å². The third kappa shape index (κ3) is 13.8. The predicted molar refractivity (Wildman–Crippen MR) is 262 cm³/mol. The molecule has 0 unspecified atom stereocenters. The Labute approximate surface area is 418 Å². The van der Waals surface area contributed by atoms with Gasteiger partial charge in [-0.1, -0.05) is 55.0 Å². The lowest BCUT2D eigenvalue weighted by Crippen LogP contribution is -2.61. The van der Waals surface area contributed by atoms with E-state index < -0.39 is 54.3 Å². The number of unbranched alkanes of at least 4 members (excludes halogenated alkanes) is 2. The zero-order valence-corrected chi connectivity index (χ0v) is 40.5. The number of aliphatic carboxylic acids is 1. The van der Waals surface area contributed by atoms with Gasteiger partial charge in [0.25, 0.3) is 11.8 Å². The number of hydrogen-bond acceptors (Lipinski definition) is 16. The standard InChI is InChI=1S/C51H59N7O15/c1-4-70-27-36-55-41-42(58(36)28-51(2,3)69)32-16-14-30(23-29-11-7-5-8-12-29)24-33(32)54-47(41)56-50(68)71-26-31-15-17-35(72-49-45(65)43(63)44(64)46(73-49)48(66)67)34(25-31)53-38(60)20-21-52-37(59)13-9-6-10-22-57-39(61)18-19-40(57)62/h5,7-8,11-12,14-19,24-25,43-46,49,63-65,69H,4,6,9-10,13,20-23,26-28H2,1-3H3,(H,52,59)(H,53,60)(H,66,67)(H,54,56,68)/t43-,44-,45+,46-,49+/m0/s1. The number of aromatic nitrogens is 3. The molecule has 3 aromatic carbocycles. The Bertz CT molecular complexity index is 2850. The molecule has 7 rings (SSSR count). The van der Waals surface area contributed by atoms with E-state index in [0.717, 1.165) is 21.4 Å². The first kappa shape index (κ1) is 53.5. The molecule has 22 heteroatoms. The van der Waals surface area contributed by atoms with Crippen LogP contribution in [0.5, 0.6) is 5.75 Å². The first-order valence-corrected chi connectivity index (χ1v) is 23.8. The van der Waals surface area contributed by atoms with Crippen LogP contribution >= 0.6 is 0 Å². The molecule has 0 aliphatic carbocycles. The molecular weight excluding hydrogens is 951 g/mol. The summed E-state index contributed by atoms with van der Waals surface area (Å²) >= 11 is 0. The summed E-state index contributed by atoms with van der Waals surface area (Å²) < 4.78 is 24.4. The first-order chi connectivity index (χ1) is 34.9. The van der Waals surface area contributed by atoms with Gasteiger partial charge < -0.3 is 59.7 Å². The fourth-order valence-corrected chi connectivity index (χ4v) is 8.29. The molecule has 388 valence electrons. The van der Waals surface area contributed by atoms with Gasteiger partial charge in [0.2, 0.25) is 18.1 Å². The summed E-state index contributed by atoms with van der Waals surface area (Å²) in [7, 11) is 0. The van der Waals surface area contributed by atoms with Crippen molar-refractivity contribution < 1.29 is 73.2 Å². The third-order valence-corrected chi connectivity index (χ3v) is 11.9. The molecule has 1 saturated heterocycles. The van der Waals surface area contributed by atoms with Crippen molar-refractivity contribution in [1.82, 2.24) is 24.8 Å². The number of carboxylic acid groups (broad SMARTS) is 1. The lowest BCUT2D eigenvalue weighted by atomic mass is 9.99. The molecule has 0 spiro atoms. The van der Waals surface area contributed by atoms with Crippen molar-refractivity contribution >= 4 is 69.1 Å². The van der Waals surface area contributed by atoms with Gasteiger partial charge in [-0.25, -0.2) is 19.6 Å². The average molecular weight is 1010 g/mol. The summed E-state index contributed by atoms with van der Waals surface area (Å²) in [5.41, 5.74) is 2.57. The first-order valence-electron chi connectivity index (χ1n) is 23.8. The number of carboxylic acids is 1. The van der Waals surface area contributed by atoms with E-state index in [1.54, 1.807) is 13.8 Å². The minimum atomic E-state index is -1.99. The highest BCUT2D eigenvalue weighted by Crippen LogP contribution is 2.34. The molecule has 2 aliphatic heterocycles. The minimum Gasteiger partial charge on any atom is -0.479 e. The number of carbonyl (C=O) groups is 6. The molecule has 4 heterocycles. The van der Waals surface area contributed by atoms with Crippen molar-refractivity contribution in [3.05, 3.63) is 101 Å². The third-order valence-electron chi connectivity index (χ3n) is 11.9. The smallest absolute Gasteiger partial charge is 0.413 e. The normalized spacial score (nSPS) is 18.8. The van der Waals surface area contributed by atoms with Crippen molar-refractivity contribution in [2.75, 3.05) is 30.3 Å². The second kappa shape index (κ2) is 23.9. The lowest BCUT2D eigenvalue weighted by molar-refractivity contribution is -0.271. The van der Waals surface area contributed by atoms with Gasteiger partial charge >= 0.3 is 12.1 Å². The van der Waals surface area contributed by atoms with Crippen LogP contribution in [0.2, 0.25) is 0 Å². The summed E-state index contributed by atoms with van der Waals surface area (Å²) in [5, 5.41) is 60.7. The molecule has 0 bridgehead atoms. The number of aliphatic hydroxyl groups excluding tert-OH is 3. The van der Waals surface area contributed by atoms with Crippen molar-refractivity contribution in [3.8, 4) is 5.75 Å². The fraction of sp³-hybridized carbons (Fsp3) is 0.412. The highest BCUT2D eigenvalue weighted by atomic mass is 16.7. The summed E-state index contributed by atoms with van der Waals surface area (Å²) in [6, 6.07) is 19.9. The molecule has 5 atom stereocenters. The number of carbonyl (C=O) groups excluding carboxylic acids is 5. The highest BCUT2D eigenvalue weighted by Gasteiger charge is 2.48. The van der Waals surface area contributed by atoms with Crippen molar-refractivity contribution in [1.29, 1.82) is 0 Å². The number of nitrogens with zero attached hydrogens (tertiary/aromatic N) is 4. The van der Waals surface area contributed by atoms with E-state index in [0.29, 0.717) is 60.2 Å². The number of hydrogen-bond donors (Lipinski definition) is 8. The molecule has 5 amide bonds. The molecular formula is C51H59N7O15. The molecule has 0 radical (unpaired) electrons. The van der Waals surface area contributed by atoms with Crippen LogP contribution in [-0.4, -0.2) is 137 Å². The van der Waals surface area contributed by atoms with Crippen LogP contribution in [0.1, 0.15) is 75.4 Å². The van der Waals surface area contributed by atoms with Gasteiger partial charge in [0.05, 0.1) is 28.9 Å². The molecule has 0 saturated carbocycles. The topological polar surface area (TPSA) is 311 Å². The maximum atomic E-state index is 13.7. The number of amides is 5. The quantitative estimate of drug-likeness (QED) is 0.0343. The van der Waals surface area contributed by atoms with Crippen molar-refractivity contribution in [3.63, 3.8) is 0 Å². The molecule has 2 aliphatic rings. The van der Waals surface area contributed by atoms with Crippen LogP contribution in [0.25, 0.3) is 21.9 Å². The largest absolute Gasteiger partial charge is 0.479 e. The molecule has 73 heavy (non-hydrogen) atoms. The Morgan fingerprint density at radius 3 is 2.26 bits per heavy atom. The van der Waals surface area contributed by atoms with E-state index in [-0.39, 0.29) is 80.7 Å². The van der Waals surface area contributed by atoms with E-state index in [2.05, 4.69) is 16.0 Å². The average Bonchev–Trinajstić information content (AvgIpc) is 3.87. The minimum absolute atomic E-state index is 0.0605. The zero-order valence-electron chi connectivity index (χ0n) is 40.5. The van der Waals surface area contributed by atoms with Gasteiger partial charge in [0.15, 0.2) is 11.9 Å². The summed E-state index contributed by atoms with van der Waals surface area (Å²) in [4.78, 5) is 85.7. The van der Waals surface area contributed by atoms with Crippen molar-refractivity contribution in [2.45, 2.75) is 115 Å². The van der Waals surface area contributed by atoms with Crippen molar-refractivity contribution in [2.24, 2.45) is 0 Å². The van der Waals surface area contributed by atoms with E-state index >= 15 is 0 Å². The predicted octanol–water partition coefficient (Wildman–Crippen LogP) is 3.43. The van der Waals surface area contributed by atoms with Crippen LogP contribution in [0.4, 0.5) is 16.3 Å². The lowest BCUT2D eigenvalue weighted by Gasteiger charge is -2.38. The van der Waals surface area contributed by atoms with Gasteiger partial charge in [-0.2, -0.15) is 0 Å². The number of benzene rings is 3. The molecule has 8 N–H and O–H groups in total. The van der Waals surface area contributed by atoms with E-state index in [1.165, 1.54) is 30.4 Å². The van der Waals surface area contributed by atoms with Crippen LogP contribution in [-0.2, 0) is 64.4 Å². The number of imidazole rings is 1. The van der Waals surface area contributed by atoms with Gasteiger partial charge in [-0.15, -0.1) is 0 Å². The van der Waals surface area contributed by atoms with E-state index in [9.17, 15) is 54.3 Å². The van der Waals surface area contributed by atoms with E-state index in [1.807, 2.05) is 60.0 Å². The maximum absolute atomic E-state index is 13.7. The Morgan fingerprint density at radius 2 is 1.55 bits per heavy atom. The maximum Gasteiger partial charge on any atom is 0.413 e. The monoisotopic (exact) mass is 1010 g/mol. The summed E-state index contributed by atoms with van der Waals surface area (Å²) in [5.74, 6) is -2.95. The highest BCUT2D eigenvalue weighted by molar-refractivity contribution is 6.13. The molecule has 1 fully saturated rings. The second-order valence-electron chi connectivity index (χ2n) is 18.2. The number of nitrogens with one attached hydrogen (secondary N) is 3. The Balaban J connectivity index is 1.07. The molecule has 22 nitrogen and oxygen atoms in total.